The van der Waals surface area contributed by atoms with Crippen molar-refractivity contribution in [2.45, 2.75) is 0 Å². The molecule has 0 unspecified atom stereocenters. The van der Waals surface area contributed by atoms with Crippen LogP contribution < -0.4 is 4.74 Å². The van der Waals surface area contributed by atoms with Crippen LogP contribution in [0.15, 0.2) is 60.8 Å². The Hall–Kier alpha value is -3.68. The highest BCUT2D eigenvalue weighted by Crippen LogP contribution is 2.25. The molecule has 1 aromatic heterocycles. The van der Waals surface area contributed by atoms with Crippen LogP contribution in [0, 0.1) is 5.82 Å². The summed E-state index contributed by atoms with van der Waals surface area (Å²) in [4.78, 5) is 21.7. The summed E-state index contributed by atoms with van der Waals surface area (Å²) in [5, 5.41) is 12.8. The van der Waals surface area contributed by atoms with E-state index in [1.54, 1.807) is 44.4 Å². The number of carbonyl (C=O) groups is 2. The normalized spacial score (nSPS) is 9.74. The maximum absolute atomic E-state index is 12.8. The molecule has 0 aliphatic carbocycles. The van der Waals surface area contributed by atoms with E-state index in [-0.39, 0.29) is 5.82 Å². The quantitative estimate of drug-likeness (QED) is 0.707. The molecule has 3 rings (SSSR count). The second-order valence-corrected chi connectivity index (χ2v) is 5.58. The van der Waals surface area contributed by atoms with Crippen LogP contribution in [0.4, 0.5) is 9.18 Å². The predicted molar refractivity (Wildman–Crippen MR) is 97.3 cm³/mol. The lowest BCUT2D eigenvalue weighted by Crippen LogP contribution is -2.07. The monoisotopic (exact) mass is 371 g/mol. The summed E-state index contributed by atoms with van der Waals surface area (Å²) in [6, 6.07) is 14.3. The summed E-state index contributed by atoms with van der Waals surface area (Å²) in [5.41, 5.74) is 1.32. The highest BCUT2D eigenvalue weighted by Gasteiger charge is 2.07. The summed E-state index contributed by atoms with van der Waals surface area (Å²) in [5.74, 6) is 0.800. The molecule has 0 bridgehead atoms. The van der Waals surface area contributed by atoms with Gasteiger partial charge in [0.05, 0.1) is 5.69 Å². The number of rotatable bonds is 4. The molecule has 8 heteroatoms. The fourth-order valence-corrected chi connectivity index (χ4v) is 1.92. The molecule has 0 radical (unpaired) electrons. The highest BCUT2D eigenvalue weighted by molar-refractivity contribution is 5.69. The Morgan fingerprint density at radius 3 is 2.04 bits per heavy atom. The first-order valence-electron chi connectivity index (χ1n) is 7.83. The van der Waals surface area contributed by atoms with E-state index in [4.69, 9.17) is 9.84 Å². The minimum absolute atomic E-state index is 0.322. The molecule has 140 valence electrons. The van der Waals surface area contributed by atoms with E-state index in [0.717, 1.165) is 16.7 Å². The molecule has 0 aliphatic heterocycles. The molecule has 1 heterocycles. The predicted octanol–water partition coefficient (Wildman–Crippen LogP) is 3.71. The number of hydrogen-bond donors (Lipinski definition) is 1. The third-order valence-electron chi connectivity index (χ3n) is 3.20. The number of ether oxygens (including phenoxy) is 1. The van der Waals surface area contributed by atoms with Gasteiger partial charge in [0.1, 0.15) is 17.3 Å². The molecule has 7 nitrogen and oxygen atoms in total. The van der Waals surface area contributed by atoms with Crippen LogP contribution in [0.1, 0.15) is 0 Å². The molecule has 27 heavy (non-hydrogen) atoms. The van der Waals surface area contributed by atoms with Crippen molar-refractivity contribution in [3.8, 4) is 22.8 Å². The van der Waals surface area contributed by atoms with Crippen LogP contribution >= 0.6 is 0 Å². The third-order valence-corrected chi connectivity index (χ3v) is 3.20. The minimum Gasteiger partial charge on any atom is -0.463 e. The second kappa shape index (κ2) is 9.14. The Kier molecular flexibility index (Phi) is 6.65. The maximum Gasteiger partial charge on any atom is 0.432 e. The fourth-order valence-electron chi connectivity index (χ4n) is 1.92. The van der Waals surface area contributed by atoms with Crippen molar-refractivity contribution in [2.24, 2.45) is 0 Å². The first-order chi connectivity index (χ1) is 12.9. The zero-order chi connectivity index (χ0) is 19.8. The molecule has 1 amide bonds. The van der Waals surface area contributed by atoms with Crippen LogP contribution in [0.5, 0.6) is 11.5 Å². The van der Waals surface area contributed by atoms with Crippen LogP contribution in [-0.2, 0) is 4.79 Å². The van der Waals surface area contributed by atoms with E-state index in [9.17, 15) is 14.0 Å². The maximum atomic E-state index is 12.8. The first-order valence-corrected chi connectivity index (χ1v) is 7.83. The number of carbonyl (C=O) groups excluding carboxylic acids is 1. The molecule has 0 atom stereocenters. The van der Waals surface area contributed by atoms with Gasteiger partial charge < -0.3 is 14.7 Å². The van der Waals surface area contributed by atoms with Gasteiger partial charge in [-0.3, -0.25) is 4.79 Å². The number of amides is 1. The lowest BCUT2D eigenvalue weighted by atomic mass is 10.1. The fraction of sp³-hybridized carbons (Fsp3) is 0.105. The molecule has 0 saturated heterocycles. The molecule has 3 aromatic rings. The number of carboxylic acid groups (broad SMARTS) is 1. The average molecular weight is 371 g/mol. The minimum atomic E-state index is -1.14. The van der Waals surface area contributed by atoms with Crippen molar-refractivity contribution >= 4 is 12.5 Å². The van der Waals surface area contributed by atoms with Crippen molar-refractivity contribution in [1.29, 1.82) is 0 Å². The lowest BCUT2D eigenvalue weighted by Gasteiger charge is -2.06. The highest BCUT2D eigenvalue weighted by atomic mass is 19.1. The number of nitrogens with zero attached hydrogens (tertiary/aromatic N) is 3. The molecule has 0 spiro atoms. The average Bonchev–Trinajstić information content (AvgIpc) is 3.15. The van der Waals surface area contributed by atoms with Crippen molar-refractivity contribution in [3.05, 3.63) is 66.6 Å². The zero-order valence-electron chi connectivity index (χ0n) is 14.7. The summed E-state index contributed by atoms with van der Waals surface area (Å²) in [7, 11) is 3.38. The van der Waals surface area contributed by atoms with E-state index in [1.807, 2.05) is 0 Å². The van der Waals surface area contributed by atoms with Gasteiger partial charge in [-0.05, 0) is 54.6 Å². The van der Waals surface area contributed by atoms with Crippen molar-refractivity contribution in [1.82, 2.24) is 14.7 Å². The zero-order valence-corrected chi connectivity index (χ0v) is 14.7. The second-order valence-electron chi connectivity index (χ2n) is 5.58. The summed E-state index contributed by atoms with van der Waals surface area (Å²) < 4.78 is 19.2. The van der Waals surface area contributed by atoms with E-state index in [2.05, 4.69) is 5.10 Å². The van der Waals surface area contributed by atoms with Crippen molar-refractivity contribution in [2.75, 3.05) is 14.1 Å². The van der Waals surface area contributed by atoms with Crippen LogP contribution in [0.2, 0.25) is 0 Å². The largest absolute Gasteiger partial charge is 0.463 e. The summed E-state index contributed by atoms with van der Waals surface area (Å²) in [6.45, 7) is 0. The van der Waals surface area contributed by atoms with Gasteiger partial charge in [0.15, 0.2) is 0 Å². The molecule has 0 fully saturated rings. The van der Waals surface area contributed by atoms with Gasteiger partial charge in [-0.25, -0.2) is 9.18 Å². The smallest absolute Gasteiger partial charge is 0.432 e. The van der Waals surface area contributed by atoms with Crippen LogP contribution in [0.3, 0.4) is 0 Å². The van der Waals surface area contributed by atoms with Gasteiger partial charge in [-0.15, -0.1) is 0 Å². The Labute approximate surface area is 155 Å². The van der Waals surface area contributed by atoms with Crippen molar-refractivity contribution < 1.29 is 23.8 Å². The SMILES string of the molecule is CN(C)C=O.O=C(O)n1ccc(-c2ccc(Oc3ccc(F)cc3)cc2)n1. The van der Waals surface area contributed by atoms with Gasteiger partial charge >= 0.3 is 6.09 Å². The lowest BCUT2D eigenvalue weighted by molar-refractivity contribution is -0.115. The first kappa shape index (κ1) is 19.6. The Morgan fingerprint density at radius 1 is 1.07 bits per heavy atom. The summed E-state index contributed by atoms with van der Waals surface area (Å²) >= 11 is 0. The number of aromatic nitrogens is 2. The van der Waals surface area contributed by atoms with E-state index in [1.165, 1.54) is 35.4 Å². The number of benzene rings is 2. The molecule has 0 aliphatic rings. The Bertz CT molecular complexity index is 890. The van der Waals surface area contributed by atoms with Gasteiger partial charge in [-0.2, -0.15) is 9.78 Å². The summed E-state index contributed by atoms with van der Waals surface area (Å²) in [6.07, 6.45) is 0.989. The molecule has 2 aromatic carbocycles. The van der Waals surface area contributed by atoms with Crippen molar-refractivity contribution in [3.63, 3.8) is 0 Å². The topological polar surface area (TPSA) is 84.7 Å². The Balaban J connectivity index is 0.000000465. The van der Waals surface area contributed by atoms with Crippen LogP contribution in [-0.4, -0.2) is 46.4 Å². The molecule has 1 N–H and O–H groups in total. The third kappa shape index (κ3) is 5.96. The molecular weight excluding hydrogens is 353 g/mol. The molecule has 0 saturated carbocycles. The number of halogens is 1. The standard InChI is InChI=1S/C16H11FN2O3.C3H7NO/c17-12-3-7-14(8-4-12)22-13-5-1-11(2-6-13)15-9-10-19(18-15)16(20)21;1-4(2)3-5/h1-10H,(H,20,21);3H,1-2H3. The van der Waals surface area contributed by atoms with Gasteiger partial charge in [0, 0.05) is 25.9 Å². The van der Waals surface area contributed by atoms with E-state index >= 15 is 0 Å². The van der Waals surface area contributed by atoms with Gasteiger partial charge in [-0.1, -0.05) is 0 Å². The molecular formula is C19H18FN3O4. The Morgan fingerprint density at radius 2 is 1.59 bits per heavy atom. The van der Waals surface area contributed by atoms with E-state index < -0.39 is 6.09 Å². The van der Waals surface area contributed by atoms with Crippen LogP contribution in [0.25, 0.3) is 11.3 Å². The van der Waals surface area contributed by atoms with E-state index in [0.29, 0.717) is 17.2 Å². The van der Waals surface area contributed by atoms with Gasteiger partial charge in [0.25, 0.3) is 0 Å². The number of hydrogen-bond acceptors (Lipinski definition) is 4. The van der Waals surface area contributed by atoms with Gasteiger partial charge in [0.2, 0.25) is 6.41 Å².